The maximum absolute atomic E-state index is 12.8. The van der Waals surface area contributed by atoms with Crippen molar-refractivity contribution < 1.29 is 38.4 Å². The summed E-state index contributed by atoms with van der Waals surface area (Å²) in [6.07, 6.45) is 10.0. The molecule has 0 spiro atoms. The highest BCUT2D eigenvalue weighted by Crippen LogP contribution is 2.19. The van der Waals surface area contributed by atoms with E-state index in [0.717, 1.165) is 32.1 Å². The van der Waals surface area contributed by atoms with Crippen molar-refractivity contribution in [2.45, 2.75) is 153 Å². The second-order valence-electron chi connectivity index (χ2n) is 14.7. The Morgan fingerprint density at radius 3 is 1.88 bits per heavy atom. The molecule has 4 bridgehead atoms. The van der Waals surface area contributed by atoms with Gasteiger partial charge in [0.15, 0.2) is 11.6 Å². The van der Waals surface area contributed by atoms with Gasteiger partial charge in [0.1, 0.15) is 11.6 Å². The van der Waals surface area contributed by atoms with Gasteiger partial charge in [0.25, 0.3) is 0 Å². The Balaban J connectivity index is 1.02. The lowest BCUT2D eigenvalue weighted by molar-refractivity contribution is -0.140. The van der Waals surface area contributed by atoms with E-state index in [1.807, 2.05) is 0 Å². The SMILES string of the molecule is O=C(CCCCCCNC(=O)CCC(=O)CC1CCCC(=O)CN2CCC[C@@H](N1)C2=O)CCC(=O)NC1CCCC(=O)CN2CCC[C@@H](N1)C2=O. The van der Waals surface area contributed by atoms with Crippen LogP contribution in [0.1, 0.15) is 128 Å². The number of hydrogen-bond donors (Lipinski definition) is 4. The van der Waals surface area contributed by atoms with E-state index in [0.29, 0.717) is 83.8 Å². The Kier molecular flexibility index (Phi) is 16.7. The highest BCUT2D eigenvalue weighted by Gasteiger charge is 2.34. The normalized spacial score (nSPS) is 24.9. The number of piperidine rings is 2. The van der Waals surface area contributed by atoms with Crippen LogP contribution >= 0.6 is 0 Å². The van der Waals surface area contributed by atoms with Gasteiger partial charge >= 0.3 is 0 Å². The average Bonchev–Trinajstić information content (AvgIpc) is 3.08. The number of unbranched alkanes of at least 4 members (excludes halogenated alkanes) is 3. The van der Waals surface area contributed by atoms with Crippen LogP contribution in [0, 0.1) is 0 Å². The number of nitrogens with zero attached hydrogens (tertiary/aromatic N) is 2. The fraction of sp³-hybridized carbons (Fsp3) is 0.784. The Labute approximate surface area is 301 Å². The Morgan fingerprint density at radius 2 is 1.20 bits per heavy atom. The smallest absolute Gasteiger partial charge is 0.240 e. The summed E-state index contributed by atoms with van der Waals surface area (Å²) in [6.45, 7) is 2.01. The molecule has 0 aromatic rings. The van der Waals surface area contributed by atoms with Gasteiger partial charge in [-0.2, -0.15) is 0 Å². The molecule has 4 atom stereocenters. The number of rotatable bonds is 16. The van der Waals surface area contributed by atoms with Gasteiger partial charge < -0.3 is 25.8 Å². The van der Waals surface area contributed by atoms with Crippen LogP contribution < -0.4 is 21.3 Å². The molecule has 2 unspecified atom stereocenters. The second kappa shape index (κ2) is 21.1. The molecule has 4 rings (SSSR count). The molecule has 0 radical (unpaired) electrons. The molecule has 14 nitrogen and oxygen atoms in total. The molecule has 0 aromatic heterocycles. The summed E-state index contributed by atoms with van der Waals surface area (Å²) in [4.78, 5) is 103. The molecule has 4 aliphatic heterocycles. The first-order valence-electron chi connectivity index (χ1n) is 19.3. The Morgan fingerprint density at radius 1 is 0.608 bits per heavy atom. The molecule has 14 heteroatoms. The zero-order chi connectivity index (χ0) is 36.6. The third kappa shape index (κ3) is 14.2. The number of carbonyl (C=O) groups excluding carboxylic acids is 8. The van der Waals surface area contributed by atoms with E-state index >= 15 is 0 Å². The lowest BCUT2D eigenvalue weighted by Gasteiger charge is -2.35. The number of ketones is 4. The Bertz CT molecular complexity index is 1180. The first-order chi connectivity index (χ1) is 24.6. The average molecular weight is 715 g/mol. The third-order valence-corrected chi connectivity index (χ3v) is 10.4. The summed E-state index contributed by atoms with van der Waals surface area (Å²) >= 11 is 0. The van der Waals surface area contributed by atoms with Crippen molar-refractivity contribution in [3.63, 3.8) is 0 Å². The quantitative estimate of drug-likeness (QED) is 0.171. The fourth-order valence-electron chi connectivity index (χ4n) is 7.50. The van der Waals surface area contributed by atoms with Crippen molar-refractivity contribution in [3.05, 3.63) is 0 Å². The van der Waals surface area contributed by atoms with Crippen LogP contribution in [0.5, 0.6) is 0 Å². The van der Waals surface area contributed by atoms with Gasteiger partial charge in [0, 0.05) is 77.0 Å². The molecule has 284 valence electrons. The highest BCUT2D eigenvalue weighted by molar-refractivity contribution is 5.90. The van der Waals surface area contributed by atoms with Crippen molar-refractivity contribution in [2.24, 2.45) is 0 Å². The van der Waals surface area contributed by atoms with Gasteiger partial charge in [-0.3, -0.25) is 43.7 Å². The predicted octanol–water partition coefficient (Wildman–Crippen LogP) is 1.62. The van der Waals surface area contributed by atoms with Gasteiger partial charge in [-0.05, 0) is 64.2 Å². The fourth-order valence-corrected chi connectivity index (χ4v) is 7.50. The zero-order valence-electron chi connectivity index (χ0n) is 30.1. The summed E-state index contributed by atoms with van der Waals surface area (Å²) in [5.41, 5.74) is 0. The van der Waals surface area contributed by atoms with Crippen LogP contribution in [-0.2, 0) is 38.4 Å². The van der Waals surface area contributed by atoms with E-state index in [1.165, 1.54) is 0 Å². The number of hydrogen-bond acceptors (Lipinski definition) is 10. The van der Waals surface area contributed by atoms with Crippen molar-refractivity contribution in [1.29, 1.82) is 0 Å². The molecule has 0 aliphatic carbocycles. The summed E-state index contributed by atoms with van der Waals surface area (Å²) in [5.74, 6) is -0.505. The van der Waals surface area contributed by atoms with Crippen LogP contribution in [0.15, 0.2) is 0 Å². The zero-order valence-corrected chi connectivity index (χ0v) is 30.1. The van der Waals surface area contributed by atoms with Crippen LogP contribution in [0.3, 0.4) is 0 Å². The molecule has 4 amide bonds. The summed E-state index contributed by atoms with van der Waals surface area (Å²) in [6, 6.07) is -0.977. The van der Waals surface area contributed by atoms with Crippen molar-refractivity contribution >= 4 is 46.8 Å². The minimum Gasteiger partial charge on any atom is -0.356 e. The molecule has 0 aromatic carbocycles. The van der Waals surface area contributed by atoms with E-state index in [4.69, 9.17) is 0 Å². The van der Waals surface area contributed by atoms with Gasteiger partial charge in [0.05, 0.1) is 31.3 Å². The van der Waals surface area contributed by atoms with E-state index in [1.54, 1.807) is 9.80 Å². The lowest BCUT2D eigenvalue weighted by atomic mass is 9.95. The minimum atomic E-state index is -0.421. The van der Waals surface area contributed by atoms with Gasteiger partial charge in [-0.15, -0.1) is 0 Å². The molecule has 4 saturated heterocycles. The monoisotopic (exact) mass is 714 g/mol. The standard InChI is InChI=1S/C37H58N6O8/c44-27(16-19-35(49)41-33-15-6-12-30(47)25-43-22-8-14-32(40-33)37(43)51)10-3-1-2-4-20-38-34(48)18-17-28(45)23-26-9-5-11-29(46)24-42-21-7-13-31(39-26)36(42)50/h26,31-33,39-40H,1-25H2,(H,38,48)(H,41,49)/t26?,31-,32-,33?/m1/s1. The van der Waals surface area contributed by atoms with Crippen LogP contribution in [0.2, 0.25) is 0 Å². The van der Waals surface area contributed by atoms with Gasteiger partial charge in [-0.25, -0.2) is 0 Å². The molecule has 4 aliphatic rings. The summed E-state index contributed by atoms with van der Waals surface area (Å²) in [7, 11) is 0. The molecule has 4 heterocycles. The highest BCUT2D eigenvalue weighted by atomic mass is 16.2. The van der Waals surface area contributed by atoms with E-state index in [9.17, 15) is 38.4 Å². The van der Waals surface area contributed by atoms with Crippen molar-refractivity contribution in [2.75, 3.05) is 32.7 Å². The van der Waals surface area contributed by atoms with Crippen LogP contribution in [0.4, 0.5) is 0 Å². The predicted molar refractivity (Wildman–Crippen MR) is 188 cm³/mol. The summed E-state index contributed by atoms with van der Waals surface area (Å²) < 4.78 is 0. The number of fused-ring (bicyclic) bond motifs is 4. The lowest BCUT2D eigenvalue weighted by Crippen LogP contribution is -2.58. The van der Waals surface area contributed by atoms with E-state index in [-0.39, 0.29) is 104 Å². The molecular weight excluding hydrogens is 656 g/mol. The Hall–Kier alpha value is -3.52. The minimum absolute atomic E-state index is 0.0205. The first-order valence-corrected chi connectivity index (χ1v) is 19.3. The van der Waals surface area contributed by atoms with E-state index < -0.39 is 12.2 Å². The maximum atomic E-state index is 12.8. The first kappa shape index (κ1) is 40.3. The number of Topliss-reactive ketones (excluding diaryl/α,β-unsaturated/α-hetero) is 4. The van der Waals surface area contributed by atoms with Gasteiger partial charge in [0.2, 0.25) is 23.6 Å². The topological polar surface area (TPSA) is 191 Å². The largest absolute Gasteiger partial charge is 0.356 e. The molecule has 4 fully saturated rings. The molecule has 4 N–H and O–H groups in total. The van der Waals surface area contributed by atoms with E-state index in [2.05, 4.69) is 21.3 Å². The molecular formula is C37H58N6O8. The maximum Gasteiger partial charge on any atom is 0.240 e. The summed E-state index contributed by atoms with van der Waals surface area (Å²) in [5, 5.41) is 12.4. The van der Waals surface area contributed by atoms with Crippen LogP contribution in [-0.4, -0.2) is 114 Å². The van der Waals surface area contributed by atoms with Crippen LogP contribution in [0.25, 0.3) is 0 Å². The third-order valence-electron chi connectivity index (χ3n) is 10.4. The van der Waals surface area contributed by atoms with Gasteiger partial charge in [-0.1, -0.05) is 12.8 Å². The number of carbonyl (C=O) groups is 8. The van der Waals surface area contributed by atoms with Crippen molar-refractivity contribution in [1.82, 2.24) is 31.1 Å². The second-order valence-corrected chi connectivity index (χ2v) is 14.7. The molecule has 51 heavy (non-hydrogen) atoms. The number of amides is 4. The molecule has 0 saturated carbocycles. The van der Waals surface area contributed by atoms with Crippen molar-refractivity contribution in [3.8, 4) is 0 Å². The number of nitrogens with one attached hydrogen (secondary N) is 4.